The molecular formula is C8H13NO. The van der Waals surface area contributed by atoms with Gasteiger partial charge in [0, 0.05) is 18.9 Å². The van der Waals surface area contributed by atoms with Gasteiger partial charge in [-0.2, -0.15) is 0 Å². The fourth-order valence-corrected chi connectivity index (χ4v) is 0.470. The van der Waals surface area contributed by atoms with Gasteiger partial charge in [0.2, 0.25) is 6.41 Å². The molecule has 0 heterocycles. The summed E-state index contributed by atoms with van der Waals surface area (Å²) in [6.45, 7) is 4.74. The van der Waals surface area contributed by atoms with Gasteiger partial charge in [0.25, 0.3) is 0 Å². The van der Waals surface area contributed by atoms with E-state index in [1.54, 1.807) is 0 Å². The number of hydrogen-bond acceptors (Lipinski definition) is 1. The van der Waals surface area contributed by atoms with Gasteiger partial charge in [-0.3, -0.25) is 4.79 Å². The van der Waals surface area contributed by atoms with E-state index < -0.39 is 0 Å². The van der Waals surface area contributed by atoms with E-state index in [0.29, 0.717) is 18.9 Å². The summed E-state index contributed by atoms with van der Waals surface area (Å²) in [7, 11) is 0. The van der Waals surface area contributed by atoms with Crippen molar-refractivity contribution in [1.82, 2.24) is 5.32 Å². The van der Waals surface area contributed by atoms with Crippen molar-refractivity contribution in [2.24, 2.45) is 5.92 Å². The standard InChI is InChI=1S/C8H13NO/c1-8(2)5-3-4-6-9-7-10/h7-8H,4,6H2,1-2H3,(H,9,10). The number of hydrogen-bond donors (Lipinski definition) is 1. The Morgan fingerprint density at radius 3 is 2.80 bits per heavy atom. The molecule has 1 N–H and O–H groups in total. The first-order chi connectivity index (χ1) is 4.77. The highest BCUT2D eigenvalue weighted by Gasteiger charge is 1.80. The molecule has 0 fully saturated rings. The molecule has 0 unspecified atom stereocenters. The minimum Gasteiger partial charge on any atom is -0.358 e. The van der Waals surface area contributed by atoms with Crippen LogP contribution < -0.4 is 5.32 Å². The van der Waals surface area contributed by atoms with Crippen LogP contribution in [0.5, 0.6) is 0 Å². The summed E-state index contributed by atoms with van der Waals surface area (Å²) in [5.74, 6) is 6.37. The molecular weight excluding hydrogens is 126 g/mol. The van der Waals surface area contributed by atoms with Crippen molar-refractivity contribution in [3.63, 3.8) is 0 Å². The number of nitrogens with one attached hydrogen (secondary N) is 1. The molecule has 0 aliphatic rings. The van der Waals surface area contributed by atoms with Crippen molar-refractivity contribution >= 4 is 6.41 Å². The molecule has 0 saturated heterocycles. The molecule has 0 rings (SSSR count). The molecule has 0 spiro atoms. The second-order valence-corrected chi connectivity index (χ2v) is 2.30. The van der Waals surface area contributed by atoms with Crippen molar-refractivity contribution < 1.29 is 4.79 Å². The van der Waals surface area contributed by atoms with Gasteiger partial charge >= 0.3 is 0 Å². The van der Waals surface area contributed by atoms with E-state index in [4.69, 9.17) is 0 Å². The molecule has 0 aromatic heterocycles. The average molecular weight is 139 g/mol. The van der Waals surface area contributed by atoms with Gasteiger partial charge in [-0.25, -0.2) is 0 Å². The lowest BCUT2D eigenvalue weighted by Gasteiger charge is -1.89. The predicted octanol–water partition coefficient (Wildman–Crippen LogP) is 0.782. The maximum absolute atomic E-state index is 9.74. The van der Waals surface area contributed by atoms with Crippen LogP contribution in [0, 0.1) is 17.8 Å². The molecule has 1 amide bonds. The van der Waals surface area contributed by atoms with Crippen LogP contribution in [0.25, 0.3) is 0 Å². The van der Waals surface area contributed by atoms with Crippen molar-refractivity contribution in [2.75, 3.05) is 6.54 Å². The fraction of sp³-hybridized carbons (Fsp3) is 0.625. The zero-order valence-corrected chi connectivity index (χ0v) is 6.48. The average Bonchev–Trinajstić information content (AvgIpc) is 1.87. The number of amides is 1. The van der Waals surface area contributed by atoms with Crippen LogP contribution in [-0.4, -0.2) is 13.0 Å². The lowest BCUT2D eigenvalue weighted by molar-refractivity contribution is -0.109. The summed E-state index contributed by atoms with van der Waals surface area (Å²) >= 11 is 0. The Balaban J connectivity index is 3.20. The summed E-state index contributed by atoms with van der Waals surface area (Å²) in [4.78, 5) is 9.74. The molecule has 56 valence electrons. The summed E-state index contributed by atoms with van der Waals surface area (Å²) in [5, 5.41) is 2.54. The van der Waals surface area contributed by atoms with Crippen molar-refractivity contribution in [2.45, 2.75) is 20.3 Å². The van der Waals surface area contributed by atoms with E-state index in [-0.39, 0.29) is 0 Å². The maximum atomic E-state index is 9.74. The zero-order valence-electron chi connectivity index (χ0n) is 6.48. The van der Waals surface area contributed by atoms with Crippen LogP contribution in [0.15, 0.2) is 0 Å². The Labute approximate surface area is 62.0 Å². The Morgan fingerprint density at radius 2 is 2.30 bits per heavy atom. The zero-order chi connectivity index (χ0) is 7.82. The first-order valence-corrected chi connectivity index (χ1v) is 3.42. The minimum absolute atomic E-state index is 0.427. The fourth-order valence-electron chi connectivity index (χ4n) is 0.470. The number of carbonyl (C=O) groups is 1. The smallest absolute Gasteiger partial charge is 0.207 e. The molecule has 2 heteroatoms. The van der Waals surface area contributed by atoms with Gasteiger partial charge in [-0.1, -0.05) is 13.8 Å². The van der Waals surface area contributed by atoms with Crippen molar-refractivity contribution in [3.05, 3.63) is 0 Å². The summed E-state index contributed by atoms with van der Waals surface area (Å²) in [6.07, 6.45) is 1.44. The third-order valence-electron chi connectivity index (χ3n) is 0.868. The summed E-state index contributed by atoms with van der Waals surface area (Å²) < 4.78 is 0. The molecule has 10 heavy (non-hydrogen) atoms. The quantitative estimate of drug-likeness (QED) is 0.349. The van der Waals surface area contributed by atoms with E-state index >= 15 is 0 Å². The first-order valence-electron chi connectivity index (χ1n) is 3.42. The Morgan fingerprint density at radius 1 is 1.60 bits per heavy atom. The van der Waals surface area contributed by atoms with Crippen LogP contribution in [0.2, 0.25) is 0 Å². The van der Waals surface area contributed by atoms with Crippen LogP contribution in [0.4, 0.5) is 0 Å². The lowest BCUT2D eigenvalue weighted by atomic mass is 10.2. The Bertz CT molecular complexity index is 141. The second kappa shape index (κ2) is 6.15. The Hall–Kier alpha value is -0.970. The molecule has 0 aromatic rings. The molecule has 0 aromatic carbocycles. The highest BCUT2D eigenvalue weighted by atomic mass is 16.1. The topological polar surface area (TPSA) is 29.1 Å². The normalized spacial score (nSPS) is 8.30. The molecule has 0 aliphatic carbocycles. The first kappa shape index (κ1) is 9.03. The van der Waals surface area contributed by atoms with Gasteiger partial charge in [0.1, 0.15) is 0 Å². The molecule has 0 aliphatic heterocycles. The van der Waals surface area contributed by atoms with Crippen molar-refractivity contribution in [3.8, 4) is 11.8 Å². The van der Waals surface area contributed by atoms with Crippen LogP contribution in [0.3, 0.4) is 0 Å². The lowest BCUT2D eigenvalue weighted by Crippen LogP contribution is -2.10. The van der Waals surface area contributed by atoms with E-state index in [9.17, 15) is 4.79 Å². The van der Waals surface area contributed by atoms with E-state index in [1.807, 2.05) is 13.8 Å². The van der Waals surface area contributed by atoms with Gasteiger partial charge in [-0.05, 0) is 0 Å². The summed E-state index contributed by atoms with van der Waals surface area (Å²) in [6, 6.07) is 0. The number of carbonyl (C=O) groups excluding carboxylic acids is 1. The minimum atomic E-state index is 0.427. The van der Waals surface area contributed by atoms with Crippen molar-refractivity contribution in [1.29, 1.82) is 0 Å². The molecule has 0 atom stereocenters. The molecule has 0 radical (unpaired) electrons. The molecule has 0 saturated carbocycles. The maximum Gasteiger partial charge on any atom is 0.207 e. The van der Waals surface area contributed by atoms with Gasteiger partial charge in [0.05, 0.1) is 0 Å². The van der Waals surface area contributed by atoms with Gasteiger partial charge in [0.15, 0.2) is 0 Å². The molecule has 2 nitrogen and oxygen atoms in total. The Kier molecular flexibility index (Phi) is 5.56. The second-order valence-electron chi connectivity index (χ2n) is 2.30. The summed E-state index contributed by atoms with van der Waals surface area (Å²) in [5.41, 5.74) is 0. The third kappa shape index (κ3) is 7.03. The van der Waals surface area contributed by atoms with Crippen LogP contribution in [0.1, 0.15) is 20.3 Å². The van der Waals surface area contributed by atoms with E-state index in [1.165, 1.54) is 0 Å². The number of rotatable bonds is 3. The third-order valence-corrected chi connectivity index (χ3v) is 0.868. The SMILES string of the molecule is CC(C)C#CCCNC=O. The van der Waals surface area contributed by atoms with E-state index in [2.05, 4.69) is 17.2 Å². The van der Waals surface area contributed by atoms with Gasteiger partial charge < -0.3 is 5.32 Å². The largest absolute Gasteiger partial charge is 0.358 e. The van der Waals surface area contributed by atoms with Gasteiger partial charge in [-0.15, -0.1) is 11.8 Å². The highest BCUT2D eigenvalue weighted by molar-refractivity contribution is 5.45. The van der Waals surface area contributed by atoms with Crippen LogP contribution in [-0.2, 0) is 4.79 Å². The predicted molar refractivity (Wildman–Crippen MR) is 41.3 cm³/mol. The molecule has 0 bridgehead atoms. The highest BCUT2D eigenvalue weighted by Crippen LogP contribution is 1.85. The monoisotopic (exact) mass is 139 g/mol. The van der Waals surface area contributed by atoms with E-state index in [0.717, 1.165) is 6.42 Å². The van der Waals surface area contributed by atoms with Crippen LogP contribution >= 0.6 is 0 Å².